The van der Waals surface area contributed by atoms with E-state index in [0.717, 1.165) is 22.4 Å². The number of carbonyl (C=O) groups excluding carboxylic acids is 2. The number of halogens is 1. The standard InChI is InChI=1S/C20H18FNO3/c21-15-7-5-14(6-8-15)17(23)12-22-18(24)11-20(19(22)25)10-9-13-3-1-2-4-16(13)20/h1-8,17,23H,9-12H2/t17-,20-/m1/s1. The van der Waals surface area contributed by atoms with Crippen molar-refractivity contribution in [2.45, 2.75) is 30.8 Å². The number of rotatable bonds is 3. The van der Waals surface area contributed by atoms with Gasteiger partial charge < -0.3 is 5.11 Å². The van der Waals surface area contributed by atoms with Crippen molar-refractivity contribution >= 4 is 11.8 Å². The van der Waals surface area contributed by atoms with Gasteiger partial charge in [0.2, 0.25) is 11.8 Å². The molecule has 2 aromatic carbocycles. The number of aryl methyl sites for hydroxylation is 1. The van der Waals surface area contributed by atoms with Crippen molar-refractivity contribution in [1.82, 2.24) is 4.90 Å². The summed E-state index contributed by atoms with van der Waals surface area (Å²) in [6.45, 7) is -0.104. The second-order valence-electron chi connectivity index (χ2n) is 6.79. The average molecular weight is 339 g/mol. The van der Waals surface area contributed by atoms with Gasteiger partial charge in [0.05, 0.1) is 18.1 Å². The quantitative estimate of drug-likeness (QED) is 0.874. The molecule has 0 unspecified atom stereocenters. The lowest BCUT2D eigenvalue weighted by Gasteiger charge is -2.24. The molecule has 128 valence electrons. The van der Waals surface area contributed by atoms with Gasteiger partial charge in [0.15, 0.2) is 0 Å². The fourth-order valence-electron chi connectivity index (χ4n) is 4.04. The van der Waals surface area contributed by atoms with Gasteiger partial charge in [-0.15, -0.1) is 0 Å². The van der Waals surface area contributed by atoms with Crippen molar-refractivity contribution in [3.63, 3.8) is 0 Å². The van der Waals surface area contributed by atoms with Gasteiger partial charge in [-0.3, -0.25) is 14.5 Å². The van der Waals surface area contributed by atoms with E-state index in [0.29, 0.717) is 12.0 Å². The lowest BCUT2D eigenvalue weighted by Crippen LogP contribution is -2.39. The van der Waals surface area contributed by atoms with Gasteiger partial charge in [0.1, 0.15) is 5.82 Å². The first kappa shape index (κ1) is 16.0. The van der Waals surface area contributed by atoms with Crippen molar-refractivity contribution in [1.29, 1.82) is 0 Å². The summed E-state index contributed by atoms with van der Waals surface area (Å²) >= 11 is 0. The summed E-state index contributed by atoms with van der Waals surface area (Å²) in [4.78, 5) is 26.7. The molecule has 0 aromatic heterocycles. The fraction of sp³-hybridized carbons (Fsp3) is 0.300. The summed E-state index contributed by atoms with van der Waals surface area (Å²) in [5, 5.41) is 10.4. The van der Waals surface area contributed by atoms with E-state index in [2.05, 4.69) is 0 Å². The normalized spacial score (nSPS) is 23.4. The molecule has 1 saturated heterocycles. The number of aliphatic hydroxyl groups excluding tert-OH is 1. The van der Waals surface area contributed by atoms with Gasteiger partial charge in [-0.2, -0.15) is 0 Å². The van der Waals surface area contributed by atoms with Gasteiger partial charge in [-0.05, 0) is 41.7 Å². The van der Waals surface area contributed by atoms with Gasteiger partial charge in [0.25, 0.3) is 0 Å². The molecule has 2 atom stereocenters. The average Bonchev–Trinajstić information content (AvgIpc) is 3.09. The zero-order chi connectivity index (χ0) is 17.6. The third-order valence-corrected chi connectivity index (χ3v) is 5.37. The number of carbonyl (C=O) groups is 2. The predicted octanol–water partition coefficient (Wildman–Crippen LogP) is 2.50. The van der Waals surface area contributed by atoms with Crippen LogP contribution in [0.5, 0.6) is 0 Å². The highest BCUT2D eigenvalue weighted by Gasteiger charge is 2.55. The smallest absolute Gasteiger partial charge is 0.240 e. The number of likely N-dealkylation sites (tertiary alicyclic amines) is 1. The van der Waals surface area contributed by atoms with Gasteiger partial charge >= 0.3 is 0 Å². The molecule has 1 fully saturated rings. The summed E-state index contributed by atoms with van der Waals surface area (Å²) in [6.07, 6.45) is 0.531. The molecule has 4 nitrogen and oxygen atoms in total. The van der Waals surface area contributed by atoms with Crippen LogP contribution in [0.25, 0.3) is 0 Å². The van der Waals surface area contributed by atoms with E-state index in [-0.39, 0.29) is 24.8 Å². The SMILES string of the molecule is O=C1C[C@@]2(CCc3ccccc32)C(=O)N1C[C@@H](O)c1ccc(F)cc1. The van der Waals surface area contributed by atoms with Crippen LogP contribution in [0.15, 0.2) is 48.5 Å². The van der Waals surface area contributed by atoms with Crippen molar-refractivity contribution in [2.75, 3.05) is 6.54 Å². The van der Waals surface area contributed by atoms with E-state index >= 15 is 0 Å². The molecule has 5 heteroatoms. The molecule has 2 aliphatic rings. The zero-order valence-corrected chi connectivity index (χ0v) is 13.6. The molecule has 1 aliphatic heterocycles. The zero-order valence-electron chi connectivity index (χ0n) is 13.6. The Kier molecular flexibility index (Phi) is 3.69. The third kappa shape index (κ3) is 2.46. The number of fused-ring (bicyclic) bond motifs is 2. The summed E-state index contributed by atoms with van der Waals surface area (Å²) in [5.41, 5.74) is 1.75. The van der Waals surface area contributed by atoms with Crippen LogP contribution in [0.1, 0.15) is 35.6 Å². The first-order chi connectivity index (χ1) is 12.0. The van der Waals surface area contributed by atoms with Gasteiger partial charge in [-0.1, -0.05) is 36.4 Å². The molecule has 25 heavy (non-hydrogen) atoms. The minimum Gasteiger partial charge on any atom is -0.387 e. The molecular formula is C20H18FNO3. The van der Waals surface area contributed by atoms with Crippen LogP contribution in [0.3, 0.4) is 0 Å². The maximum absolute atomic E-state index is 13.1. The largest absolute Gasteiger partial charge is 0.387 e. The molecule has 0 bridgehead atoms. The van der Waals surface area contributed by atoms with E-state index in [9.17, 15) is 19.1 Å². The lowest BCUT2D eigenvalue weighted by atomic mass is 9.80. The Hall–Kier alpha value is -2.53. The van der Waals surface area contributed by atoms with E-state index in [4.69, 9.17) is 0 Å². The Labute approximate surface area is 144 Å². The molecule has 0 radical (unpaired) electrons. The molecule has 1 aliphatic carbocycles. The Morgan fingerprint density at radius 2 is 1.84 bits per heavy atom. The Balaban J connectivity index is 1.59. The second kappa shape index (κ2) is 5.77. The highest BCUT2D eigenvalue weighted by atomic mass is 19.1. The summed E-state index contributed by atoms with van der Waals surface area (Å²) in [6, 6.07) is 13.2. The molecule has 1 spiro atoms. The van der Waals surface area contributed by atoms with E-state index in [1.54, 1.807) is 0 Å². The van der Waals surface area contributed by atoms with E-state index in [1.165, 1.54) is 24.3 Å². The molecule has 2 amide bonds. The number of hydrogen-bond donors (Lipinski definition) is 1. The molecular weight excluding hydrogens is 321 g/mol. The number of nitrogens with zero attached hydrogens (tertiary/aromatic N) is 1. The van der Waals surface area contributed by atoms with Crippen molar-refractivity contribution in [3.05, 3.63) is 71.0 Å². The Morgan fingerprint density at radius 1 is 1.12 bits per heavy atom. The second-order valence-corrected chi connectivity index (χ2v) is 6.79. The Bertz CT molecular complexity index is 848. The predicted molar refractivity (Wildman–Crippen MR) is 89.1 cm³/mol. The number of hydrogen-bond acceptors (Lipinski definition) is 3. The van der Waals surface area contributed by atoms with Crippen LogP contribution in [0, 0.1) is 5.82 Å². The lowest BCUT2D eigenvalue weighted by molar-refractivity contribution is -0.141. The highest BCUT2D eigenvalue weighted by Crippen LogP contribution is 2.47. The maximum atomic E-state index is 13.1. The third-order valence-electron chi connectivity index (χ3n) is 5.37. The summed E-state index contributed by atoms with van der Waals surface area (Å²) < 4.78 is 13.0. The maximum Gasteiger partial charge on any atom is 0.240 e. The number of imide groups is 1. The molecule has 4 rings (SSSR count). The van der Waals surface area contributed by atoms with Crippen LogP contribution in [0.2, 0.25) is 0 Å². The highest BCUT2D eigenvalue weighted by molar-refractivity contribution is 6.09. The minimum absolute atomic E-state index is 0.104. The molecule has 1 heterocycles. The molecule has 0 saturated carbocycles. The van der Waals surface area contributed by atoms with Crippen LogP contribution in [0.4, 0.5) is 4.39 Å². The van der Waals surface area contributed by atoms with Crippen LogP contribution in [-0.4, -0.2) is 28.4 Å². The summed E-state index contributed by atoms with van der Waals surface area (Å²) in [5.74, 6) is -0.891. The van der Waals surface area contributed by atoms with Crippen molar-refractivity contribution in [3.8, 4) is 0 Å². The number of aliphatic hydroxyl groups is 1. The van der Waals surface area contributed by atoms with Crippen LogP contribution in [-0.2, 0) is 21.4 Å². The summed E-state index contributed by atoms with van der Waals surface area (Å²) in [7, 11) is 0. The number of amides is 2. The van der Waals surface area contributed by atoms with E-state index < -0.39 is 17.3 Å². The van der Waals surface area contributed by atoms with Gasteiger partial charge in [0, 0.05) is 6.42 Å². The van der Waals surface area contributed by atoms with Crippen molar-refractivity contribution in [2.24, 2.45) is 0 Å². The Morgan fingerprint density at radius 3 is 2.60 bits per heavy atom. The van der Waals surface area contributed by atoms with E-state index in [1.807, 2.05) is 24.3 Å². The van der Waals surface area contributed by atoms with Crippen LogP contribution < -0.4 is 0 Å². The van der Waals surface area contributed by atoms with Gasteiger partial charge in [-0.25, -0.2) is 4.39 Å². The topological polar surface area (TPSA) is 57.6 Å². The minimum atomic E-state index is -1.03. The fourth-order valence-corrected chi connectivity index (χ4v) is 4.04. The van der Waals surface area contributed by atoms with Crippen LogP contribution >= 0.6 is 0 Å². The number of benzene rings is 2. The first-order valence-electron chi connectivity index (χ1n) is 8.38. The molecule has 1 N–H and O–H groups in total. The number of β-amino-alcohol motifs (C(OH)–C–C–N with tert-alkyl or cyclic N) is 1. The van der Waals surface area contributed by atoms with Crippen molar-refractivity contribution < 1.29 is 19.1 Å². The monoisotopic (exact) mass is 339 g/mol. The first-order valence-corrected chi connectivity index (χ1v) is 8.38. The molecule has 2 aromatic rings.